The van der Waals surface area contributed by atoms with Gasteiger partial charge in [0.05, 0.1) is 6.04 Å². The molecule has 0 saturated heterocycles. The van der Waals surface area contributed by atoms with E-state index in [9.17, 15) is 18.4 Å². The maximum absolute atomic E-state index is 13.5. The van der Waals surface area contributed by atoms with E-state index in [4.69, 9.17) is 5.73 Å². The van der Waals surface area contributed by atoms with Crippen LogP contribution >= 0.6 is 0 Å². The van der Waals surface area contributed by atoms with Crippen molar-refractivity contribution in [3.8, 4) is 0 Å². The monoisotopic (exact) mass is 391 g/mol. The average molecular weight is 391 g/mol. The highest BCUT2D eigenvalue weighted by Gasteiger charge is 2.23. The smallest absolute Gasteiger partial charge is 0.243 e. The Hall–Kier alpha value is -3.07. The van der Waals surface area contributed by atoms with Gasteiger partial charge in [-0.2, -0.15) is 0 Å². The summed E-state index contributed by atoms with van der Waals surface area (Å²) < 4.78 is 26.6. The second kappa shape index (κ2) is 9.75. The first-order chi connectivity index (χ1) is 13.3. The molecule has 0 fully saturated rings. The van der Waals surface area contributed by atoms with Gasteiger partial charge >= 0.3 is 0 Å². The topological polar surface area (TPSA) is 109 Å². The molecule has 2 atom stereocenters. The van der Waals surface area contributed by atoms with Crippen LogP contribution in [0.5, 0.6) is 0 Å². The Balaban J connectivity index is 2.11. The van der Waals surface area contributed by atoms with E-state index in [1.807, 2.05) is 0 Å². The number of anilines is 1. The van der Waals surface area contributed by atoms with Crippen molar-refractivity contribution < 1.29 is 18.4 Å². The van der Waals surface area contributed by atoms with Gasteiger partial charge in [-0.05, 0) is 43.3 Å². The van der Waals surface area contributed by atoms with Gasteiger partial charge < -0.3 is 21.7 Å². The molecule has 0 aliphatic rings. The summed E-state index contributed by atoms with van der Waals surface area (Å²) in [4.78, 5) is 28.8. The number of hydrogen-bond donors (Lipinski definition) is 4. The fourth-order valence-electron chi connectivity index (χ4n) is 2.39. The Bertz CT molecular complexity index is 830. The molecule has 0 unspecified atom stereocenters. The van der Waals surface area contributed by atoms with E-state index in [1.165, 1.54) is 12.3 Å². The normalized spacial score (nSPS) is 12.9. The van der Waals surface area contributed by atoms with Crippen LogP contribution in [0.15, 0.2) is 36.5 Å². The largest absolute Gasteiger partial charge is 0.384 e. The summed E-state index contributed by atoms with van der Waals surface area (Å²) in [5, 5.41) is 8.11. The molecule has 2 amide bonds. The highest BCUT2D eigenvalue weighted by Crippen LogP contribution is 2.11. The van der Waals surface area contributed by atoms with Crippen LogP contribution in [0.4, 0.5) is 14.6 Å². The number of nitrogens with two attached hydrogens (primary N) is 1. The van der Waals surface area contributed by atoms with E-state index < -0.39 is 29.6 Å². The lowest BCUT2D eigenvalue weighted by Crippen LogP contribution is -2.52. The minimum Gasteiger partial charge on any atom is -0.384 e. The summed E-state index contributed by atoms with van der Waals surface area (Å²) in [6.45, 7) is 1.82. The van der Waals surface area contributed by atoms with Crippen molar-refractivity contribution in [1.82, 2.24) is 20.9 Å². The zero-order valence-electron chi connectivity index (χ0n) is 15.6. The zero-order valence-corrected chi connectivity index (χ0v) is 15.6. The summed E-state index contributed by atoms with van der Waals surface area (Å²) in [6.07, 6.45) is 1.53. The molecular weight excluding hydrogens is 368 g/mol. The van der Waals surface area contributed by atoms with Crippen LogP contribution in [0.25, 0.3) is 0 Å². The molecule has 9 heteroatoms. The Morgan fingerprint density at radius 3 is 2.43 bits per heavy atom. The number of amides is 2. The molecule has 7 nitrogen and oxygen atoms in total. The van der Waals surface area contributed by atoms with E-state index in [-0.39, 0.29) is 18.9 Å². The lowest BCUT2D eigenvalue weighted by Gasteiger charge is -2.21. The maximum Gasteiger partial charge on any atom is 0.243 e. The molecule has 0 aliphatic heterocycles. The number of nitrogens with one attached hydrogen (secondary N) is 3. The number of benzene rings is 1. The number of carbonyl (C=O) groups is 2. The molecule has 2 rings (SSSR count). The Kier molecular flexibility index (Phi) is 7.39. The van der Waals surface area contributed by atoms with Crippen LogP contribution in [-0.4, -0.2) is 35.9 Å². The van der Waals surface area contributed by atoms with Crippen LogP contribution in [0, 0.1) is 11.6 Å². The van der Waals surface area contributed by atoms with E-state index >= 15 is 0 Å². The Morgan fingerprint density at radius 1 is 1.11 bits per heavy atom. The lowest BCUT2D eigenvalue weighted by atomic mass is 10.0. The molecule has 1 aromatic carbocycles. The summed E-state index contributed by atoms with van der Waals surface area (Å²) in [6, 6.07) is 5.20. The third-order valence-electron chi connectivity index (χ3n) is 4.20. The van der Waals surface area contributed by atoms with E-state index in [0.717, 1.165) is 17.7 Å². The van der Waals surface area contributed by atoms with Crippen LogP contribution in [0.2, 0.25) is 0 Å². The van der Waals surface area contributed by atoms with E-state index in [2.05, 4.69) is 20.9 Å². The van der Waals surface area contributed by atoms with Gasteiger partial charge in [0.2, 0.25) is 11.8 Å². The highest BCUT2D eigenvalue weighted by atomic mass is 19.2. The minimum atomic E-state index is -1.01. The number of rotatable bonds is 8. The number of aromatic nitrogens is 1. The van der Waals surface area contributed by atoms with Crippen molar-refractivity contribution in [1.29, 1.82) is 0 Å². The molecule has 0 radical (unpaired) electrons. The number of nitrogen functional groups attached to an aromatic ring is 1. The first-order valence-corrected chi connectivity index (χ1v) is 8.70. The zero-order chi connectivity index (χ0) is 20.7. The first-order valence-electron chi connectivity index (χ1n) is 8.70. The molecule has 0 aliphatic carbocycles. The van der Waals surface area contributed by atoms with Crippen LogP contribution in [0.1, 0.15) is 18.1 Å². The highest BCUT2D eigenvalue weighted by molar-refractivity contribution is 5.89. The fraction of sp³-hybridized carbons (Fsp3) is 0.316. The standard InChI is InChI=1S/C19H23F2N5O2/c1-11(23-2)18(27)26-16(8-12-3-5-14(20)15(21)7-12)19(28)25-10-13-4-6-17(22)24-9-13/h3-7,9,11,16,23H,8,10H2,1-2H3,(H2,22,24)(H,25,28)(H,26,27)/t11-,16+/m0/s1. The van der Waals surface area contributed by atoms with Gasteiger partial charge in [0, 0.05) is 19.2 Å². The Morgan fingerprint density at radius 2 is 1.82 bits per heavy atom. The molecule has 0 saturated carbocycles. The van der Waals surface area contributed by atoms with Gasteiger partial charge in [-0.15, -0.1) is 0 Å². The van der Waals surface area contributed by atoms with Gasteiger partial charge in [-0.25, -0.2) is 13.8 Å². The minimum absolute atomic E-state index is 0.00515. The van der Waals surface area contributed by atoms with Gasteiger partial charge in [0.1, 0.15) is 11.9 Å². The van der Waals surface area contributed by atoms with Crippen molar-refractivity contribution >= 4 is 17.6 Å². The third kappa shape index (κ3) is 5.98. The van der Waals surface area contributed by atoms with Crippen LogP contribution in [0.3, 0.4) is 0 Å². The quantitative estimate of drug-likeness (QED) is 0.535. The molecule has 150 valence electrons. The molecule has 1 heterocycles. The van der Waals surface area contributed by atoms with Crippen molar-refractivity contribution in [2.75, 3.05) is 12.8 Å². The van der Waals surface area contributed by atoms with Gasteiger partial charge in [0.25, 0.3) is 0 Å². The molecular formula is C19H23F2N5O2. The summed E-state index contributed by atoms with van der Waals surface area (Å²) in [7, 11) is 1.61. The second-order valence-corrected chi connectivity index (χ2v) is 6.33. The molecule has 28 heavy (non-hydrogen) atoms. The lowest BCUT2D eigenvalue weighted by molar-refractivity contribution is -0.129. The first kappa shape index (κ1) is 21.2. The summed E-state index contributed by atoms with van der Waals surface area (Å²) in [5.74, 6) is -2.48. The third-order valence-corrected chi connectivity index (χ3v) is 4.20. The van der Waals surface area contributed by atoms with Crippen molar-refractivity contribution in [2.45, 2.75) is 32.0 Å². The number of carbonyl (C=O) groups excluding carboxylic acids is 2. The molecule has 5 N–H and O–H groups in total. The molecule has 2 aromatic rings. The van der Waals surface area contributed by atoms with E-state index in [0.29, 0.717) is 11.4 Å². The van der Waals surface area contributed by atoms with Gasteiger partial charge in [-0.1, -0.05) is 12.1 Å². The predicted molar refractivity (Wildman–Crippen MR) is 101 cm³/mol. The molecule has 0 bridgehead atoms. The molecule has 0 spiro atoms. The number of hydrogen-bond acceptors (Lipinski definition) is 5. The van der Waals surface area contributed by atoms with Crippen molar-refractivity contribution in [2.24, 2.45) is 0 Å². The fourth-order valence-corrected chi connectivity index (χ4v) is 2.39. The summed E-state index contributed by atoms with van der Waals surface area (Å²) in [5.41, 5.74) is 6.63. The second-order valence-electron chi connectivity index (χ2n) is 6.33. The van der Waals surface area contributed by atoms with Crippen LogP contribution < -0.4 is 21.7 Å². The van der Waals surface area contributed by atoms with Gasteiger partial charge in [0.15, 0.2) is 11.6 Å². The maximum atomic E-state index is 13.5. The predicted octanol–water partition coefficient (Wildman–Crippen LogP) is 0.894. The van der Waals surface area contributed by atoms with Crippen molar-refractivity contribution in [3.05, 3.63) is 59.3 Å². The number of halogens is 2. The van der Waals surface area contributed by atoms with Gasteiger partial charge in [-0.3, -0.25) is 9.59 Å². The number of pyridine rings is 1. The number of nitrogens with zero attached hydrogens (tertiary/aromatic N) is 1. The number of likely N-dealkylation sites (N-methyl/N-ethyl adjacent to an activating group) is 1. The molecule has 1 aromatic heterocycles. The van der Waals surface area contributed by atoms with E-state index in [1.54, 1.807) is 26.1 Å². The summed E-state index contributed by atoms with van der Waals surface area (Å²) >= 11 is 0. The van der Waals surface area contributed by atoms with Crippen molar-refractivity contribution in [3.63, 3.8) is 0 Å². The Labute approximate surface area is 161 Å². The average Bonchev–Trinajstić information content (AvgIpc) is 2.68. The SMILES string of the molecule is CN[C@@H](C)C(=O)N[C@H](Cc1ccc(F)c(F)c1)C(=O)NCc1ccc(N)nc1. The van der Waals surface area contributed by atoms with Crippen LogP contribution in [-0.2, 0) is 22.6 Å².